The van der Waals surface area contributed by atoms with Crippen LogP contribution in [-0.4, -0.2) is 35.6 Å². The van der Waals surface area contributed by atoms with E-state index in [1.807, 2.05) is 20.8 Å². The van der Waals surface area contributed by atoms with Gasteiger partial charge in [-0.25, -0.2) is 9.97 Å². The number of carbonyl (C=O) groups is 1. The highest BCUT2D eigenvalue weighted by Crippen LogP contribution is 2.16. The smallest absolute Gasteiger partial charge is 0.271 e. The largest absolute Gasteiger partial charge is 0.383 e. The summed E-state index contributed by atoms with van der Waals surface area (Å²) in [6.07, 6.45) is 1.46. The Balaban J connectivity index is 2.87. The van der Waals surface area contributed by atoms with Crippen LogP contribution in [-0.2, 0) is 4.74 Å². The van der Waals surface area contributed by atoms with Gasteiger partial charge in [-0.3, -0.25) is 4.79 Å². The van der Waals surface area contributed by atoms with E-state index in [-0.39, 0.29) is 28.6 Å². The lowest BCUT2D eigenvalue weighted by Crippen LogP contribution is -2.36. The number of rotatable bonds is 5. The number of amides is 1. The van der Waals surface area contributed by atoms with Crippen LogP contribution in [0.5, 0.6) is 0 Å². The number of carbonyl (C=O) groups excluding carboxylic acids is 1. The van der Waals surface area contributed by atoms with Crippen LogP contribution in [0.15, 0.2) is 6.20 Å². The molecule has 18 heavy (non-hydrogen) atoms. The molecule has 1 N–H and O–H groups in total. The van der Waals surface area contributed by atoms with E-state index in [2.05, 4.69) is 15.3 Å². The second-order valence-electron chi connectivity index (χ2n) is 4.41. The number of methoxy groups -OCH3 is 1. The molecule has 0 saturated carbocycles. The van der Waals surface area contributed by atoms with Crippen LogP contribution in [0.1, 0.15) is 43.0 Å². The van der Waals surface area contributed by atoms with Gasteiger partial charge in [-0.2, -0.15) is 0 Å². The molecule has 0 spiro atoms. The third-order valence-corrected chi connectivity index (χ3v) is 2.56. The molecule has 5 nitrogen and oxygen atoms in total. The Morgan fingerprint density at radius 3 is 2.72 bits per heavy atom. The number of hydrogen-bond acceptors (Lipinski definition) is 4. The van der Waals surface area contributed by atoms with E-state index in [9.17, 15) is 4.79 Å². The van der Waals surface area contributed by atoms with Gasteiger partial charge in [0.15, 0.2) is 0 Å². The van der Waals surface area contributed by atoms with Crippen LogP contribution < -0.4 is 5.32 Å². The first-order valence-electron chi connectivity index (χ1n) is 5.78. The van der Waals surface area contributed by atoms with Crippen LogP contribution in [0.4, 0.5) is 0 Å². The summed E-state index contributed by atoms with van der Waals surface area (Å²) in [6.45, 7) is 6.20. The molecule has 1 aromatic heterocycles. The Kier molecular flexibility index (Phi) is 5.50. The second kappa shape index (κ2) is 6.66. The Morgan fingerprint density at radius 1 is 1.50 bits per heavy atom. The van der Waals surface area contributed by atoms with Crippen molar-refractivity contribution in [1.29, 1.82) is 0 Å². The van der Waals surface area contributed by atoms with E-state index >= 15 is 0 Å². The molecule has 0 saturated heterocycles. The van der Waals surface area contributed by atoms with Crippen LogP contribution in [0, 0.1) is 0 Å². The van der Waals surface area contributed by atoms with Gasteiger partial charge in [-0.05, 0) is 6.92 Å². The minimum atomic E-state index is -0.311. The van der Waals surface area contributed by atoms with Gasteiger partial charge < -0.3 is 10.1 Å². The fourth-order valence-electron chi connectivity index (χ4n) is 1.40. The van der Waals surface area contributed by atoms with Gasteiger partial charge >= 0.3 is 0 Å². The van der Waals surface area contributed by atoms with Gasteiger partial charge in [0.25, 0.3) is 5.91 Å². The lowest BCUT2D eigenvalue weighted by atomic mass is 10.2. The first-order chi connectivity index (χ1) is 8.45. The van der Waals surface area contributed by atoms with Crippen molar-refractivity contribution in [3.63, 3.8) is 0 Å². The maximum Gasteiger partial charge on any atom is 0.271 e. The van der Waals surface area contributed by atoms with Crippen molar-refractivity contribution in [2.75, 3.05) is 13.7 Å². The summed E-state index contributed by atoms with van der Waals surface area (Å²) in [4.78, 5) is 20.3. The van der Waals surface area contributed by atoms with Crippen molar-refractivity contribution >= 4 is 17.5 Å². The molecule has 1 amide bonds. The van der Waals surface area contributed by atoms with Crippen molar-refractivity contribution in [1.82, 2.24) is 15.3 Å². The normalized spacial score (nSPS) is 12.6. The number of halogens is 1. The van der Waals surface area contributed by atoms with Gasteiger partial charge in [-0.1, -0.05) is 25.4 Å². The average molecular weight is 272 g/mol. The topological polar surface area (TPSA) is 64.1 Å². The third-order valence-electron chi connectivity index (χ3n) is 2.29. The van der Waals surface area contributed by atoms with Crippen molar-refractivity contribution in [2.24, 2.45) is 0 Å². The highest BCUT2D eigenvalue weighted by molar-refractivity contribution is 6.33. The number of hydrogen-bond donors (Lipinski definition) is 1. The molecule has 100 valence electrons. The first-order valence-corrected chi connectivity index (χ1v) is 6.15. The monoisotopic (exact) mass is 271 g/mol. The Labute approximate surface area is 112 Å². The summed E-state index contributed by atoms with van der Waals surface area (Å²) in [6, 6.07) is -0.101. The standard InChI is InChI=1S/C12H18ClN3O2/c1-7(2)11-14-5-9(13)10(16-11)12(17)15-8(3)6-18-4/h5,7-8H,6H2,1-4H3,(H,15,17). The van der Waals surface area contributed by atoms with Crippen LogP contribution in [0.25, 0.3) is 0 Å². The SMILES string of the molecule is COCC(C)NC(=O)c1nc(C(C)C)ncc1Cl. The average Bonchev–Trinajstić information content (AvgIpc) is 2.29. The number of nitrogens with zero attached hydrogens (tertiary/aromatic N) is 2. The summed E-state index contributed by atoms with van der Waals surface area (Å²) in [5.74, 6) is 0.433. The summed E-state index contributed by atoms with van der Waals surface area (Å²) >= 11 is 5.94. The van der Waals surface area contributed by atoms with Crippen molar-refractivity contribution < 1.29 is 9.53 Å². The minimum Gasteiger partial charge on any atom is -0.383 e. The Bertz CT molecular complexity index is 424. The summed E-state index contributed by atoms with van der Waals surface area (Å²) in [7, 11) is 1.58. The predicted molar refractivity (Wildman–Crippen MR) is 69.9 cm³/mol. The molecule has 0 aliphatic heterocycles. The Hall–Kier alpha value is -1.20. The fraction of sp³-hybridized carbons (Fsp3) is 0.583. The molecule has 1 heterocycles. The van der Waals surface area contributed by atoms with E-state index in [4.69, 9.17) is 16.3 Å². The highest BCUT2D eigenvalue weighted by Gasteiger charge is 2.17. The quantitative estimate of drug-likeness (QED) is 0.890. The lowest BCUT2D eigenvalue weighted by molar-refractivity contribution is 0.0900. The number of nitrogens with one attached hydrogen (secondary N) is 1. The maximum atomic E-state index is 12.0. The fourth-order valence-corrected chi connectivity index (χ4v) is 1.58. The summed E-state index contributed by atoms with van der Waals surface area (Å²) in [5, 5.41) is 3.02. The zero-order valence-electron chi connectivity index (χ0n) is 11.0. The van der Waals surface area contributed by atoms with Gasteiger partial charge in [-0.15, -0.1) is 0 Å². The highest BCUT2D eigenvalue weighted by atomic mass is 35.5. The Morgan fingerprint density at radius 2 is 2.17 bits per heavy atom. The molecular weight excluding hydrogens is 254 g/mol. The molecule has 6 heteroatoms. The van der Waals surface area contributed by atoms with E-state index in [0.29, 0.717) is 12.4 Å². The molecule has 0 fully saturated rings. The first kappa shape index (κ1) is 14.9. The lowest BCUT2D eigenvalue weighted by Gasteiger charge is -2.13. The molecule has 1 atom stereocenters. The molecule has 0 aromatic carbocycles. The molecule has 1 unspecified atom stereocenters. The van der Waals surface area contributed by atoms with Crippen molar-refractivity contribution in [2.45, 2.75) is 32.7 Å². The molecule has 0 aliphatic rings. The van der Waals surface area contributed by atoms with Crippen molar-refractivity contribution in [3.8, 4) is 0 Å². The molecule has 1 rings (SSSR count). The van der Waals surface area contributed by atoms with Crippen LogP contribution >= 0.6 is 11.6 Å². The summed E-state index contributed by atoms with van der Waals surface area (Å²) < 4.78 is 4.95. The molecule has 0 bridgehead atoms. The van der Waals surface area contributed by atoms with Crippen molar-refractivity contribution in [3.05, 3.63) is 22.7 Å². The zero-order valence-corrected chi connectivity index (χ0v) is 11.8. The summed E-state index contributed by atoms with van der Waals surface area (Å²) in [5.41, 5.74) is 0.207. The molecular formula is C12H18ClN3O2. The van der Waals surface area contributed by atoms with Crippen LogP contribution in [0.2, 0.25) is 5.02 Å². The third kappa shape index (κ3) is 3.92. The van der Waals surface area contributed by atoms with E-state index < -0.39 is 0 Å². The van der Waals surface area contributed by atoms with Gasteiger partial charge in [0.1, 0.15) is 11.5 Å². The van der Waals surface area contributed by atoms with E-state index in [1.54, 1.807) is 7.11 Å². The zero-order chi connectivity index (χ0) is 13.7. The van der Waals surface area contributed by atoms with Gasteiger partial charge in [0.05, 0.1) is 17.8 Å². The molecule has 0 radical (unpaired) electrons. The number of ether oxygens (including phenoxy) is 1. The predicted octanol–water partition coefficient (Wildman–Crippen LogP) is 2.02. The second-order valence-corrected chi connectivity index (χ2v) is 4.82. The molecule has 0 aliphatic carbocycles. The maximum absolute atomic E-state index is 12.0. The van der Waals surface area contributed by atoms with Gasteiger partial charge in [0.2, 0.25) is 0 Å². The van der Waals surface area contributed by atoms with Crippen LogP contribution in [0.3, 0.4) is 0 Å². The van der Waals surface area contributed by atoms with Gasteiger partial charge in [0, 0.05) is 19.1 Å². The van der Waals surface area contributed by atoms with E-state index in [0.717, 1.165) is 0 Å². The molecule has 1 aromatic rings. The minimum absolute atomic E-state index is 0.101. The van der Waals surface area contributed by atoms with E-state index in [1.165, 1.54) is 6.20 Å². The number of aromatic nitrogens is 2.